The molecule has 4 heteroatoms. The lowest BCUT2D eigenvalue weighted by molar-refractivity contribution is 0.270. The first-order valence-electron chi connectivity index (χ1n) is 5.41. The zero-order chi connectivity index (χ0) is 11.3. The van der Waals surface area contributed by atoms with E-state index in [9.17, 15) is 0 Å². The van der Waals surface area contributed by atoms with Gasteiger partial charge in [-0.3, -0.25) is 9.80 Å². The maximum absolute atomic E-state index is 5.79. The average Bonchev–Trinajstić information content (AvgIpc) is 2.65. The van der Waals surface area contributed by atoms with Gasteiger partial charge in [-0.05, 0) is 13.8 Å². The van der Waals surface area contributed by atoms with Gasteiger partial charge in [0.2, 0.25) is 0 Å². The van der Waals surface area contributed by atoms with Gasteiger partial charge in [0, 0.05) is 37.6 Å². The Hall–Kier alpha value is -1.00. The summed E-state index contributed by atoms with van der Waals surface area (Å²) in [5.41, 5.74) is 13.5. The highest BCUT2D eigenvalue weighted by Gasteiger charge is 2.19. The molecule has 1 heterocycles. The van der Waals surface area contributed by atoms with Crippen LogP contribution < -0.4 is 11.5 Å². The Balaban J connectivity index is 2.33. The van der Waals surface area contributed by atoms with Crippen LogP contribution in [0.15, 0.2) is 23.5 Å². The lowest BCUT2D eigenvalue weighted by atomic mass is 10.4. The second-order valence-corrected chi connectivity index (χ2v) is 3.97. The molecule has 0 radical (unpaired) electrons. The van der Waals surface area contributed by atoms with Gasteiger partial charge in [0.25, 0.3) is 0 Å². The van der Waals surface area contributed by atoms with Crippen LogP contribution in [0.1, 0.15) is 13.8 Å². The van der Waals surface area contributed by atoms with Gasteiger partial charge in [-0.25, -0.2) is 0 Å². The van der Waals surface area contributed by atoms with Crippen molar-refractivity contribution in [1.82, 2.24) is 9.80 Å². The molecule has 1 rings (SSSR count). The van der Waals surface area contributed by atoms with Gasteiger partial charge in [0.05, 0.1) is 6.67 Å². The largest absolute Gasteiger partial charge is 0.401 e. The number of nitrogens with zero attached hydrogens (tertiary/aromatic N) is 2. The molecule has 0 aliphatic carbocycles. The van der Waals surface area contributed by atoms with E-state index in [1.54, 1.807) is 0 Å². The minimum atomic E-state index is 0.864. The van der Waals surface area contributed by atoms with Crippen molar-refractivity contribution in [1.29, 1.82) is 0 Å². The summed E-state index contributed by atoms with van der Waals surface area (Å²) in [5, 5.41) is 0. The molecule has 0 aromatic heterocycles. The van der Waals surface area contributed by atoms with Gasteiger partial charge in [-0.1, -0.05) is 12.2 Å². The van der Waals surface area contributed by atoms with Crippen LogP contribution >= 0.6 is 0 Å². The Morgan fingerprint density at radius 2 is 1.40 bits per heavy atom. The second kappa shape index (κ2) is 5.78. The lowest BCUT2D eigenvalue weighted by Crippen LogP contribution is -2.30. The molecule has 0 aromatic rings. The summed E-state index contributed by atoms with van der Waals surface area (Å²) >= 11 is 0. The van der Waals surface area contributed by atoms with Crippen molar-refractivity contribution in [2.45, 2.75) is 13.8 Å². The quantitative estimate of drug-likeness (QED) is 0.700. The van der Waals surface area contributed by atoms with Crippen molar-refractivity contribution in [2.24, 2.45) is 11.5 Å². The first-order chi connectivity index (χ1) is 7.15. The maximum Gasteiger partial charge on any atom is 0.0515 e. The molecule has 0 spiro atoms. The van der Waals surface area contributed by atoms with E-state index >= 15 is 0 Å². The zero-order valence-electron chi connectivity index (χ0n) is 9.74. The summed E-state index contributed by atoms with van der Waals surface area (Å²) in [4.78, 5) is 4.66. The molecule has 1 saturated heterocycles. The normalized spacial score (nSPS) is 21.2. The van der Waals surface area contributed by atoms with E-state index in [-0.39, 0.29) is 0 Å². The first-order valence-corrected chi connectivity index (χ1v) is 5.41. The molecule has 0 aromatic carbocycles. The Kier molecular flexibility index (Phi) is 4.65. The number of hydrogen-bond acceptors (Lipinski definition) is 4. The molecular weight excluding hydrogens is 188 g/mol. The molecular formula is C11H22N4. The van der Waals surface area contributed by atoms with Gasteiger partial charge < -0.3 is 11.5 Å². The molecule has 0 atom stereocenters. The predicted molar refractivity (Wildman–Crippen MR) is 63.9 cm³/mol. The topological polar surface area (TPSA) is 58.5 Å². The van der Waals surface area contributed by atoms with E-state index in [1.165, 1.54) is 0 Å². The van der Waals surface area contributed by atoms with Crippen molar-refractivity contribution in [3.8, 4) is 0 Å². The molecule has 4 N–H and O–H groups in total. The SMILES string of the molecule is C/C=C(\N)CN1CCN(C/C(N)=C/C)C1. The van der Waals surface area contributed by atoms with Crippen LogP contribution in [0.2, 0.25) is 0 Å². The fraction of sp³-hybridized carbons (Fsp3) is 0.636. The maximum atomic E-state index is 5.79. The van der Waals surface area contributed by atoms with Crippen LogP contribution in [0.5, 0.6) is 0 Å². The monoisotopic (exact) mass is 210 g/mol. The Bertz CT molecular complexity index is 231. The van der Waals surface area contributed by atoms with Gasteiger partial charge in [0.1, 0.15) is 0 Å². The summed E-state index contributed by atoms with van der Waals surface area (Å²) in [6, 6.07) is 0. The standard InChI is InChI=1S/C11H22N4/c1-3-10(12)7-14-5-6-15(9-14)8-11(13)4-2/h3-4H,5-9,12-13H2,1-2H3/b10-3-,11-4-. The lowest BCUT2D eigenvalue weighted by Gasteiger charge is -2.18. The molecule has 1 fully saturated rings. The molecule has 4 nitrogen and oxygen atoms in total. The third kappa shape index (κ3) is 3.93. The fourth-order valence-corrected chi connectivity index (χ4v) is 1.66. The molecule has 0 amide bonds. The number of hydrogen-bond donors (Lipinski definition) is 2. The zero-order valence-corrected chi connectivity index (χ0v) is 9.74. The summed E-state index contributed by atoms with van der Waals surface area (Å²) in [6.07, 6.45) is 3.92. The molecule has 1 aliphatic heterocycles. The third-order valence-electron chi connectivity index (χ3n) is 2.69. The Morgan fingerprint density at radius 1 is 1.00 bits per heavy atom. The van der Waals surface area contributed by atoms with Crippen molar-refractivity contribution >= 4 is 0 Å². The minimum Gasteiger partial charge on any atom is -0.401 e. The molecule has 0 unspecified atom stereocenters. The van der Waals surface area contributed by atoms with Crippen LogP contribution in [0.25, 0.3) is 0 Å². The van der Waals surface area contributed by atoms with Gasteiger partial charge in [-0.15, -0.1) is 0 Å². The fourth-order valence-electron chi connectivity index (χ4n) is 1.66. The number of nitrogens with two attached hydrogens (primary N) is 2. The van der Waals surface area contributed by atoms with Crippen molar-refractivity contribution < 1.29 is 0 Å². The average molecular weight is 210 g/mol. The molecule has 15 heavy (non-hydrogen) atoms. The molecule has 0 bridgehead atoms. The highest BCUT2D eigenvalue weighted by Crippen LogP contribution is 2.06. The highest BCUT2D eigenvalue weighted by atomic mass is 15.4. The predicted octanol–water partition coefficient (Wildman–Crippen LogP) is 0.287. The van der Waals surface area contributed by atoms with Gasteiger partial charge in [-0.2, -0.15) is 0 Å². The highest BCUT2D eigenvalue weighted by molar-refractivity contribution is 5.00. The summed E-state index contributed by atoms with van der Waals surface area (Å²) in [7, 11) is 0. The van der Waals surface area contributed by atoms with Gasteiger partial charge >= 0.3 is 0 Å². The van der Waals surface area contributed by atoms with Crippen LogP contribution in [-0.4, -0.2) is 42.6 Å². The number of rotatable bonds is 4. The van der Waals surface area contributed by atoms with Crippen molar-refractivity contribution in [2.75, 3.05) is 32.8 Å². The van der Waals surface area contributed by atoms with E-state index in [0.717, 1.165) is 44.2 Å². The van der Waals surface area contributed by atoms with E-state index in [4.69, 9.17) is 11.5 Å². The van der Waals surface area contributed by atoms with E-state index in [0.29, 0.717) is 0 Å². The minimum absolute atomic E-state index is 0.864. The van der Waals surface area contributed by atoms with Crippen LogP contribution in [-0.2, 0) is 0 Å². The molecule has 1 aliphatic rings. The Labute approximate surface area is 92.2 Å². The van der Waals surface area contributed by atoms with Gasteiger partial charge in [0.15, 0.2) is 0 Å². The van der Waals surface area contributed by atoms with Crippen LogP contribution in [0.4, 0.5) is 0 Å². The summed E-state index contributed by atoms with van der Waals surface area (Å²) < 4.78 is 0. The number of allylic oxidation sites excluding steroid dienone is 2. The first kappa shape index (κ1) is 12.1. The van der Waals surface area contributed by atoms with Crippen LogP contribution in [0, 0.1) is 0 Å². The summed E-state index contributed by atoms with van der Waals surface area (Å²) in [5.74, 6) is 0. The van der Waals surface area contributed by atoms with E-state index in [1.807, 2.05) is 26.0 Å². The Morgan fingerprint density at radius 3 is 1.73 bits per heavy atom. The third-order valence-corrected chi connectivity index (χ3v) is 2.69. The second-order valence-electron chi connectivity index (χ2n) is 3.97. The van der Waals surface area contributed by atoms with Crippen LogP contribution in [0.3, 0.4) is 0 Å². The molecule has 86 valence electrons. The summed E-state index contributed by atoms with van der Waals surface area (Å²) in [6.45, 7) is 8.79. The van der Waals surface area contributed by atoms with Crippen molar-refractivity contribution in [3.63, 3.8) is 0 Å². The molecule has 0 saturated carbocycles. The van der Waals surface area contributed by atoms with E-state index < -0.39 is 0 Å². The van der Waals surface area contributed by atoms with E-state index in [2.05, 4.69) is 9.80 Å². The van der Waals surface area contributed by atoms with Crippen molar-refractivity contribution in [3.05, 3.63) is 23.5 Å². The smallest absolute Gasteiger partial charge is 0.0515 e.